The van der Waals surface area contributed by atoms with Gasteiger partial charge in [0.25, 0.3) is 0 Å². The van der Waals surface area contributed by atoms with Gasteiger partial charge in [-0.1, -0.05) is 69.2 Å². The predicted octanol–water partition coefficient (Wildman–Crippen LogP) is 5.10. The van der Waals surface area contributed by atoms with Crippen molar-refractivity contribution in [1.82, 2.24) is 0 Å². The summed E-state index contributed by atoms with van der Waals surface area (Å²) in [4.78, 5) is 15.3. The lowest BCUT2D eigenvalue weighted by molar-refractivity contribution is -0.140. The number of carbonyl (C=O) groups excluding carboxylic acids is 1. The molecular formula is C19H29NO3. The second-order valence-electron chi connectivity index (χ2n) is 5.68. The van der Waals surface area contributed by atoms with Crippen molar-refractivity contribution >= 4 is 12.2 Å². The summed E-state index contributed by atoms with van der Waals surface area (Å²) in [7, 11) is 0. The SMILES string of the molecule is CCCCCCCCCCOc1ccccc1/C=N/OC(C)=O. The topological polar surface area (TPSA) is 47.9 Å². The van der Waals surface area contributed by atoms with Crippen molar-refractivity contribution in [2.24, 2.45) is 5.16 Å². The Bertz CT molecular complexity index is 471. The Morgan fingerprint density at radius 1 is 1.04 bits per heavy atom. The molecule has 0 unspecified atom stereocenters. The molecule has 0 aromatic heterocycles. The van der Waals surface area contributed by atoms with Crippen LogP contribution < -0.4 is 4.74 Å². The van der Waals surface area contributed by atoms with Gasteiger partial charge >= 0.3 is 5.97 Å². The number of rotatable bonds is 12. The van der Waals surface area contributed by atoms with Crippen LogP contribution in [0.3, 0.4) is 0 Å². The van der Waals surface area contributed by atoms with Crippen LogP contribution >= 0.6 is 0 Å². The molecule has 1 aromatic carbocycles. The highest BCUT2D eigenvalue weighted by Gasteiger charge is 2.01. The van der Waals surface area contributed by atoms with Crippen molar-refractivity contribution < 1.29 is 14.4 Å². The van der Waals surface area contributed by atoms with Crippen LogP contribution in [0.25, 0.3) is 0 Å². The van der Waals surface area contributed by atoms with Crippen LogP contribution in [0.5, 0.6) is 5.75 Å². The fraction of sp³-hybridized carbons (Fsp3) is 0.579. The third-order valence-corrected chi connectivity index (χ3v) is 3.55. The van der Waals surface area contributed by atoms with Crippen molar-refractivity contribution in [2.75, 3.05) is 6.61 Å². The lowest BCUT2D eigenvalue weighted by atomic mass is 10.1. The van der Waals surface area contributed by atoms with E-state index in [4.69, 9.17) is 4.74 Å². The molecule has 0 saturated carbocycles. The summed E-state index contributed by atoms with van der Waals surface area (Å²) >= 11 is 0. The molecule has 4 heteroatoms. The van der Waals surface area contributed by atoms with Gasteiger partial charge in [-0.2, -0.15) is 0 Å². The number of unbranched alkanes of at least 4 members (excludes halogenated alkanes) is 7. The number of oxime groups is 1. The zero-order chi connectivity index (χ0) is 16.8. The molecule has 0 aliphatic rings. The molecule has 1 rings (SSSR count). The number of hydrogen-bond donors (Lipinski definition) is 0. The van der Waals surface area contributed by atoms with Crippen LogP contribution in [0, 0.1) is 0 Å². The fourth-order valence-corrected chi connectivity index (χ4v) is 2.29. The van der Waals surface area contributed by atoms with E-state index in [1.165, 1.54) is 58.1 Å². The lowest BCUT2D eigenvalue weighted by Crippen LogP contribution is -2.00. The highest BCUT2D eigenvalue weighted by atomic mass is 16.7. The molecule has 0 spiro atoms. The zero-order valence-electron chi connectivity index (χ0n) is 14.4. The maximum absolute atomic E-state index is 10.7. The lowest BCUT2D eigenvalue weighted by Gasteiger charge is -2.08. The minimum absolute atomic E-state index is 0.432. The molecule has 0 saturated heterocycles. The molecule has 0 amide bonds. The molecule has 0 N–H and O–H groups in total. The van der Waals surface area contributed by atoms with E-state index < -0.39 is 5.97 Å². The van der Waals surface area contributed by atoms with Crippen LogP contribution in [0.1, 0.15) is 70.8 Å². The van der Waals surface area contributed by atoms with Crippen molar-refractivity contribution in [1.29, 1.82) is 0 Å². The molecule has 0 bridgehead atoms. The summed E-state index contributed by atoms with van der Waals surface area (Å²) in [6.45, 7) is 4.27. The van der Waals surface area contributed by atoms with Gasteiger partial charge in [0.15, 0.2) is 0 Å². The van der Waals surface area contributed by atoms with Crippen LogP contribution in [-0.4, -0.2) is 18.8 Å². The first-order valence-corrected chi connectivity index (χ1v) is 8.66. The first kappa shape index (κ1) is 19.2. The monoisotopic (exact) mass is 319 g/mol. The van der Waals surface area contributed by atoms with Gasteiger partial charge in [-0.15, -0.1) is 0 Å². The molecule has 0 aliphatic carbocycles. The van der Waals surface area contributed by atoms with Crippen LogP contribution in [0.4, 0.5) is 0 Å². The maximum Gasteiger partial charge on any atom is 0.331 e. The number of ether oxygens (including phenoxy) is 1. The number of carbonyl (C=O) groups is 1. The van der Waals surface area contributed by atoms with E-state index in [1.54, 1.807) is 0 Å². The van der Waals surface area contributed by atoms with E-state index in [0.717, 1.165) is 17.7 Å². The first-order chi connectivity index (χ1) is 11.2. The first-order valence-electron chi connectivity index (χ1n) is 8.66. The van der Waals surface area contributed by atoms with Crippen LogP contribution in [0.2, 0.25) is 0 Å². The van der Waals surface area contributed by atoms with Gasteiger partial charge in [0, 0.05) is 12.5 Å². The quantitative estimate of drug-likeness (QED) is 0.233. The summed E-state index contributed by atoms with van der Waals surface area (Å²) in [5, 5.41) is 3.64. The van der Waals surface area contributed by atoms with E-state index in [9.17, 15) is 4.79 Å². The minimum atomic E-state index is -0.432. The van der Waals surface area contributed by atoms with Gasteiger partial charge in [0.05, 0.1) is 12.8 Å². The third kappa shape index (κ3) is 9.72. The second-order valence-corrected chi connectivity index (χ2v) is 5.68. The molecule has 4 nitrogen and oxygen atoms in total. The normalized spacial score (nSPS) is 10.9. The standard InChI is InChI=1S/C19H29NO3/c1-3-4-5-6-7-8-9-12-15-22-19-14-11-10-13-18(19)16-20-23-17(2)21/h10-11,13-14,16H,3-9,12,15H2,1-2H3/b20-16+. The van der Waals surface area contributed by atoms with Crippen LogP contribution in [-0.2, 0) is 9.63 Å². The van der Waals surface area contributed by atoms with E-state index >= 15 is 0 Å². The number of hydrogen-bond acceptors (Lipinski definition) is 4. The summed E-state index contributed by atoms with van der Waals surface area (Å²) in [5.74, 6) is 0.338. The predicted molar refractivity (Wildman–Crippen MR) is 93.9 cm³/mol. The van der Waals surface area contributed by atoms with Gasteiger partial charge < -0.3 is 9.57 Å². The zero-order valence-corrected chi connectivity index (χ0v) is 14.4. The van der Waals surface area contributed by atoms with E-state index in [0.29, 0.717) is 6.61 Å². The molecule has 23 heavy (non-hydrogen) atoms. The molecule has 0 aliphatic heterocycles. The summed E-state index contributed by atoms with van der Waals surface area (Å²) in [6, 6.07) is 7.61. The Hall–Kier alpha value is -1.84. The number of benzene rings is 1. The second kappa shape index (κ2) is 12.7. The Morgan fingerprint density at radius 2 is 1.70 bits per heavy atom. The smallest absolute Gasteiger partial charge is 0.331 e. The fourth-order valence-electron chi connectivity index (χ4n) is 2.29. The van der Waals surface area contributed by atoms with E-state index in [-0.39, 0.29) is 0 Å². The van der Waals surface area contributed by atoms with E-state index in [2.05, 4.69) is 16.9 Å². The largest absolute Gasteiger partial charge is 0.493 e. The molecule has 128 valence electrons. The molecule has 0 fully saturated rings. The highest BCUT2D eigenvalue weighted by molar-refractivity contribution is 5.83. The summed E-state index contributed by atoms with van der Waals surface area (Å²) in [5.41, 5.74) is 0.813. The van der Waals surface area contributed by atoms with Crippen molar-refractivity contribution in [3.05, 3.63) is 29.8 Å². The Labute approximate surface area is 139 Å². The minimum Gasteiger partial charge on any atom is -0.493 e. The molecule has 1 aromatic rings. The van der Waals surface area contributed by atoms with Crippen molar-refractivity contribution in [3.63, 3.8) is 0 Å². The Kier molecular flexibility index (Phi) is 10.6. The van der Waals surface area contributed by atoms with Crippen LogP contribution in [0.15, 0.2) is 29.4 Å². The van der Waals surface area contributed by atoms with Gasteiger partial charge in [-0.05, 0) is 18.6 Å². The Balaban J connectivity index is 2.21. The van der Waals surface area contributed by atoms with Gasteiger partial charge in [-0.3, -0.25) is 0 Å². The van der Waals surface area contributed by atoms with E-state index in [1.807, 2.05) is 24.3 Å². The molecule has 0 heterocycles. The number of nitrogens with zero attached hydrogens (tertiary/aromatic N) is 1. The number of para-hydroxylation sites is 1. The Morgan fingerprint density at radius 3 is 2.39 bits per heavy atom. The summed E-state index contributed by atoms with van der Waals surface area (Å²) in [6.07, 6.45) is 11.7. The molecule has 0 radical (unpaired) electrons. The highest BCUT2D eigenvalue weighted by Crippen LogP contribution is 2.17. The average Bonchev–Trinajstić information content (AvgIpc) is 2.54. The van der Waals surface area contributed by atoms with Gasteiger partial charge in [0.1, 0.15) is 5.75 Å². The van der Waals surface area contributed by atoms with Crippen molar-refractivity contribution in [3.8, 4) is 5.75 Å². The van der Waals surface area contributed by atoms with Crippen molar-refractivity contribution in [2.45, 2.75) is 65.2 Å². The third-order valence-electron chi connectivity index (χ3n) is 3.55. The average molecular weight is 319 g/mol. The maximum atomic E-state index is 10.7. The molecule has 0 atom stereocenters. The molecular weight excluding hydrogens is 290 g/mol. The summed E-state index contributed by atoms with van der Waals surface area (Å²) < 4.78 is 5.81. The van der Waals surface area contributed by atoms with Gasteiger partial charge in [0.2, 0.25) is 0 Å². The van der Waals surface area contributed by atoms with Gasteiger partial charge in [-0.25, -0.2) is 4.79 Å².